The highest BCUT2D eigenvalue weighted by Crippen LogP contribution is 2.66. The van der Waals surface area contributed by atoms with Crippen LogP contribution in [0.15, 0.2) is 42.5 Å². The van der Waals surface area contributed by atoms with Gasteiger partial charge in [0.25, 0.3) is 0 Å². The van der Waals surface area contributed by atoms with Crippen molar-refractivity contribution in [2.75, 3.05) is 19.6 Å². The van der Waals surface area contributed by atoms with Crippen LogP contribution in [0.1, 0.15) is 62.6 Å². The van der Waals surface area contributed by atoms with Crippen molar-refractivity contribution in [2.24, 2.45) is 11.8 Å². The van der Waals surface area contributed by atoms with Crippen LogP contribution in [0.3, 0.4) is 0 Å². The van der Waals surface area contributed by atoms with E-state index in [2.05, 4.69) is 60.0 Å². The van der Waals surface area contributed by atoms with Gasteiger partial charge in [-0.05, 0) is 74.1 Å². The van der Waals surface area contributed by atoms with E-state index in [1.54, 1.807) is 0 Å². The quantitative estimate of drug-likeness (QED) is 0.602. The molecule has 2 aromatic carbocycles. The van der Waals surface area contributed by atoms with Crippen LogP contribution in [0.25, 0.3) is 0 Å². The number of rotatable bonds is 7. The minimum Gasteiger partial charge on any atom is -0.504 e. The van der Waals surface area contributed by atoms with Crippen LogP contribution in [-0.2, 0) is 18.4 Å². The van der Waals surface area contributed by atoms with E-state index in [0.29, 0.717) is 11.7 Å². The number of ether oxygens (including phenoxy) is 1. The number of hydrogen-bond donors (Lipinski definition) is 2. The number of phenolic OH excluding ortho intramolecular Hbond substituents is 1. The molecule has 5 atom stereocenters. The number of likely N-dealkylation sites (tertiary alicyclic amines) is 1. The number of aliphatic hydroxyl groups is 1. The molecule has 3 aliphatic carbocycles. The number of benzene rings is 2. The first-order valence-electron chi connectivity index (χ1n) is 14.2. The van der Waals surface area contributed by atoms with Crippen LogP contribution in [0.4, 0.5) is 0 Å². The normalized spacial score (nSPS) is 34.6. The molecular weight excluding hydrogens is 448 g/mol. The van der Waals surface area contributed by atoms with Crippen molar-refractivity contribution in [1.82, 2.24) is 9.80 Å². The van der Waals surface area contributed by atoms with E-state index in [1.807, 2.05) is 6.07 Å². The topological polar surface area (TPSA) is 56.2 Å². The molecular formula is C31H40N2O3. The first kappa shape index (κ1) is 23.1. The SMILES string of the molecule is CC(C)CN(Cc1ccccc1)C1CCC2(O)[C@H]3Cc4ccc(O)c5c4[C@@]2(CCN3CC2CC2)C1O5. The van der Waals surface area contributed by atoms with E-state index in [9.17, 15) is 10.2 Å². The molecule has 36 heavy (non-hydrogen) atoms. The average molecular weight is 489 g/mol. The molecule has 1 saturated heterocycles. The van der Waals surface area contributed by atoms with Crippen molar-refractivity contribution in [3.8, 4) is 11.5 Å². The Morgan fingerprint density at radius 3 is 2.64 bits per heavy atom. The molecule has 0 aromatic heterocycles. The summed E-state index contributed by atoms with van der Waals surface area (Å²) in [5, 5.41) is 23.7. The van der Waals surface area contributed by atoms with Crippen LogP contribution in [-0.4, -0.2) is 63.4 Å². The summed E-state index contributed by atoms with van der Waals surface area (Å²) in [5.41, 5.74) is 2.46. The third-order valence-corrected chi connectivity index (χ3v) is 10.0. The molecule has 1 spiro atoms. The number of nitrogens with zero attached hydrogens (tertiary/aromatic N) is 2. The molecule has 2 aliphatic heterocycles. The van der Waals surface area contributed by atoms with E-state index >= 15 is 0 Å². The number of aromatic hydroxyl groups is 1. The van der Waals surface area contributed by atoms with Gasteiger partial charge in [-0.2, -0.15) is 0 Å². The Kier molecular flexibility index (Phi) is 5.26. The van der Waals surface area contributed by atoms with E-state index in [4.69, 9.17) is 4.74 Å². The zero-order chi connectivity index (χ0) is 24.7. The van der Waals surface area contributed by atoms with Crippen LogP contribution >= 0.6 is 0 Å². The lowest BCUT2D eigenvalue weighted by molar-refractivity contribution is -0.201. The van der Waals surface area contributed by atoms with Crippen molar-refractivity contribution < 1.29 is 14.9 Å². The Hall–Kier alpha value is -2.08. The average Bonchev–Trinajstić information content (AvgIpc) is 3.59. The van der Waals surface area contributed by atoms with E-state index in [1.165, 1.54) is 24.0 Å². The molecule has 0 amide bonds. The molecule has 5 nitrogen and oxygen atoms in total. The summed E-state index contributed by atoms with van der Waals surface area (Å²) >= 11 is 0. The Bertz CT molecular complexity index is 1150. The lowest BCUT2D eigenvalue weighted by atomic mass is 9.48. The predicted molar refractivity (Wildman–Crippen MR) is 140 cm³/mol. The molecule has 7 rings (SSSR count). The summed E-state index contributed by atoms with van der Waals surface area (Å²) in [5.74, 6) is 2.22. The predicted octanol–water partition coefficient (Wildman–Crippen LogP) is 4.48. The molecule has 3 unspecified atom stereocenters. The highest BCUT2D eigenvalue weighted by Gasteiger charge is 2.73. The lowest BCUT2D eigenvalue weighted by Crippen LogP contribution is -2.78. The first-order valence-corrected chi connectivity index (χ1v) is 14.2. The maximum atomic E-state index is 12.8. The molecule has 3 fully saturated rings. The fourth-order valence-electron chi connectivity index (χ4n) is 8.43. The van der Waals surface area contributed by atoms with E-state index in [0.717, 1.165) is 63.3 Å². The molecule has 2 aromatic rings. The maximum absolute atomic E-state index is 12.8. The summed E-state index contributed by atoms with van der Waals surface area (Å²) in [7, 11) is 0. The highest BCUT2D eigenvalue weighted by atomic mass is 16.5. The van der Waals surface area contributed by atoms with Gasteiger partial charge in [0, 0.05) is 37.3 Å². The van der Waals surface area contributed by atoms with Gasteiger partial charge in [0.05, 0.1) is 11.0 Å². The number of piperidine rings is 1. The number of phenols is 1. The fourth-order valence-corrected chi connectivity index (χ4v) is 8.43. The second-order valence-corrected chi connectivity index (χ2v) is 12.7. The highest BCUT2D eigenvalue weighted by molar-refractivity contribution is 5.62. The van der Waals surface area contributed by atoms with Gasteiger partial charge in [-0.3, -0.25) is 9.80 Å². The van der Waals surface area contributed by atoms with E-state index < -0.39 is 11.0 Å². The van der Waals surface area contributed by atoms with Gasteiger partial charge < -0.3 is 14.9 Å². The first-order chi connectivity index (χ1) is 17.4. The minimum absolute atomic E-state index is 0.134. The molecule has 5 aliphatic rings. The van der Waals surface area contributed by atoms with Crippen molar-refractivity contribution in [3.63, 3.8) is 0 Å². The Morgan fingerprint density at radius 2 is 1.89 bits per heavy atom. The lowest BCUT2D eigenvalue weighted by Gasteiger charge is -2.65. The molecule has 192 valence electrons. The minimum atomic E-state index is -0.816. The molecule has 0 radical (unpaired) electrons. The molecule has 2 heterocycles. The van der Waals surface area contributed by atoms with Crippen LogP contribution in [0.5, 0.6) is 11.5 Å². The largest absolute Gasteiger partial charge is 0.504 e. The standard InChI is InChI=1S/C31H40N2O3/c1-20(2)17-33(19-21-6-4-3-5-7-21)24-12-13-31(35)26-16-23-10-11-25(34)28-27(23)30(31,29(24)36-28)14-15-32(26)18-22-8-9-22/h3-7,10-11,20,22,24,26,29,34-35H,8-9,12-19H2,1-2H3/t24?,26-,29?,30+,31?/m1/s1. The van der Waals surface area contributed by atoms with Crippen LogP contribution in [0.2, 0.25) is 0 Å². The smallest absolute Gasteiger partial charge is 0.165 e. The fraction of sp³-hybridized carbons (Fsp3) is 0.613. The van der Waals surface area contributed by atoms with Gasteiger partial charge in [0.15, 0.2) is 11.5 Å². The van der Waals surface area contributed by atoms with Gasteiger partial charge >= 0.3 is 0 Å². The summed E-state index contributed by atoms with van der Waals surface area (Å²) < 4.78 is 6.85. The Labute approximate surface area is 215 Å². The Morgan fingerprint density at radius 1 is 1.08 bits per heavy atom. The zero-order valence-electron chi connectivity index (χ0n) is 21.7. The maximum Gasteiger partial charge on any atom is 0.165 e. The van der Waals surface area contributed by atoms with Gasteiger partial charge in [-0.1, -0.05) is 50.2 Å². The van der Waals surface area contributed by atoms with Crippen LogP contribution in [0, 0.1) is 11.8 Å². The van der Waals surface area contributed by atoms with Gasteiger partial charge in [-0.15, -0.1) is 0 Å². The summed E-state index contributed by atoms with van der Waals surface area (Å²) in [6.07, 6.45) is 5.98. The molecule has 5 heteroatoms. The third-order valence-electron chi connectivity index (χ3n) is 10.0. The van der Waals surface area contributed by atoms with Crippen molar-refractivity contribution in [1.29, 1.82) is 0 Å². The molecule has 2 N–H and O–H groups in total. The summed E-state index contributed by atoms with van der Waals surface area (Å²) in [4.78, 5) is 5.23. The van der Waals surface area contributed by atoms with Gasteiger partial charge in [0.1, 0.15) is 6.10 Å². The van der Waals surface area contributed by atoms with Gasteiger partial charge in [-0.25, -0.2) is 0 Å². The summed E-state index contributed by atoms with van der Waals surface area (Å²) in [6, 6.07) is 15.0. The monoisotopic (exact) mass is 488 g/mol. The van der Waals surface area contributed by atoms with Crippen molar-refractivity contribution in [3.05, 3.63) is 59.2 Å². The second kappa shape index (κ2) is 8.21. The van der Waals surface area contributed by atoms with Gasteiger partial charge in [0.2, 0.25) is 0 Å². The molecule has 2 saturated carbocycles. The third kappa shape index (κ3) is 3.25. The van der Waals surface area contributed by atoms with Crippen LogP contribution < -0.4 is 4.74 Å². The zero-order valence-corrected chi connectivity index (χ0v) is 21.7. The van der Waals surface area contributed by atoms with Crippen molar-refractivity contribution in [2.45, 2.75) is 88.1 Å². The number of hydrogen-bond acceptors (Lipinski definition) is 5. The summed E-state index contributed by atoms with van der Waals surface area (Å²) in [6.45, 7) is 8.57. The van der Waals surface area contributed by atoms with Crippen molar-refractivity contribution >= 4 is 0 Å². The second-order valence-electron chi connectivity index (χ2n) is 12.7. The Balaban J connectivity index is 1.32. The molecule has 2 bridgehead atoms. The van der Waals surface area contributed by atoms with E-state index in [-0.39, 0.29) is 23.9 Å².